The number of nitrogens with zero attached hydrogens (tertiary/aromatic N) is 6. The Balaban J connectivity index is 0.000000237. The average Bonchev–Trinajstić information content (AvgIpc) is 3.66. The third kappa shape index (κ3) is 9.25. The van der Waals surface area contributed by atoms with Crippen molar-refractivity contribution >= 4 is 34.0 Å². The van der Waals surface area contributed by atoms with E-state index in [1.165, 1.54) is 14.6 Å². The fraction of sp³-hybridized carbons (Fsp3) is 0. The molecule has 0 fully saturated rings. The number of rotatable bonds is 3. The molecule has 6 aromatic heterocycles. The molecule has 6 rings (SSSR count). The zero-order valence-corrected chi connectivity index (χ0v) is 25.4. The molecule has 33 heavy (non-hydrogen) atoms. The zero-order valence-electron chi connectivity index (χ0n) is 16.5. The Bertz CT molecular complexity index is 921. The van der Waals surface area contributed by atoms with Crippen LogP contribution >= 0.6 is 34.0 Å². The fourth-order valence-corrected chi connectivity index (χ4v) is 4.44. The van der Waals surface area contributed by atoms with E-state index in [-0.39, 0.29) is 67.1 Å². The van der Waals surface area contributed by atoms with Crippen LogP contribution in [0.25, 0.3) is 31.7 Å². The maximum Gasteiger partial charge on any atom is 1.00 e. The second kappa shape index (κ2) is 16.6. The number of hydrogen-bond acceptors (Lipinski definition) is 6. The summed E-state index contributed by atoms with van der Waals surface area (Å²) in [7, 11) is 0. The second-order valence-corrected chi connectivity index (χ2v) is 8.52. The first kappa shape index (κ1) is 30.0. The van der Waals surface area contributed by atoms with E-state index in [0.29, 0.717) is 0 Å². The van der Waals surface area contributed by atoms with Gasteiger partial charge in [0.25, 0.3) is 0 Å². The van der Waals surface area contributed by atoms with Gasteiger partial charge in [-0.15, -0.1) is 51.1 Å². The molecule has 12 heteroatoms. The van der Waals surface area contributed by atoms with Gasteiger partial charge in [0.1, 0.15) is 0 Å². The monoisotopic (exact) mass is 1040 g/mol. The topological polar surface area (TPSA) is 81.0 Å². The zero-order chi connectivity index (χ0) is 20.4. The van der Waals surface area contributed by atoms with E-state index in [9.17, 15) is 0 Å². The first-order valence-corrected chi connectivity index (χ1v) is 11.5. The van der Waals surface area contributed by atoms with Gasteiger partial charge in [-0.2, -0.15) is 0 Å². The van der Waals surface area contributed by atoms with Gasteiger partial charge in [-0.25, -0.2) is 0 Å². The Morgan fingerprint density at radius 3 is 0.939 bits per heavy atom. The first-order valence-electron chi connectivity index (χ1n) is 8.85. The van der Waals surface area contributed by atoms with Crippen LogP contribution in [0, 0.1) is 0 Å². The molecular formula is C21H15Au3N6S3. The van der Waals surface area contributed by atoms with E-state index < -0.39 is 0 Å². The van der Waals surface area contributed by atoms with Crippen LogP contribution in [0.3, 0.4) is 0 Å². The first-order chi connectivity index (χ1) is 14.9. The minimum absolute atomic E-state index is 0. The van der Waals surface area contributed by atoms with Gasteiger partial charge in [-0.05, 0) is 34.3 Å². The van der Waals surface area contributed by atoms with Crippen molar-refractivity contribution in [3.63, 3.8) is 0 Å². The van der Waals surface area contributed by atoms with Gasteiger partial charge in [0.15, 0.2) is 0 Å². The van der Waals surface area contributed by atoms with Crippen molar-refractivity contribution in [3.8, 4) is 31.7 Å². The molecule has 0 aliphatic heterocycles. The molecule has 0 bridgehead atoms. The molecule has 0 amide bonds. The molecule has 0 N–H and O–H groups in total. The minimum Gasteiger partial charge on any atom is -0.574 e. The summed E-state index contributed by atoms with van der Waals surface area (Å²) in [5.41, 5.74) is 2.90. The molecule has 0 atom stereocenters. The van der Waals surface area contributed by atoms with E-state index >= 15 is 0 Å². The van der Waals surface area contributed by atoms with E-state index in [2.05, 4.69) is 30.6 Å². The minimum atomic E-state index is 0. The Morgan fingerprint density at radius 1 is 0.455 bits per heavy atom. The molecule has 6 heterocycles. The Kier molecular flexibility index (Phi) is 15.0. The van der Waals surface area contributed by atoms with Crippen LogP contribution in [0.2, 0.25) is 0 Å². The molecule has 180 valence electrons. The van der Waals surface area contributed by atoms with Crippen molar-refractivity contribution in [1.82, 2.24) is 30.6 Å². The summed E-state index contributed by atoms with van der Waals surface area (Å²) < 4.78 is 0. The third-order valence-electron chi connectivity index (χ3n) is 3.71. The third-order valence-corrected chi connectivity index (χ3v) is 6.39. The summed E-state index contributed by atoms with van der Waals surface area (Å²) in [6, 6.07) is 17.9. The molecule has 6 nitrogen and oxygen atoms in total. The maximum absolute atomic E-state index is 3.92. The van der Waals surface area contributed by atoms with Crippen molar-refractivity contribution in [2.24, 2.45) is 0 Å². The van der Waals surface area contributed by atoms with Crippen LogP contribution in [0.5, 0.6) is 0 Å². The molecular weight excluding hydrogens is 1020 g/mol. The van der Waals surface area contributed by atoms with Crippen LogP contribution < -0.4 is 15.3 Å². The van der Waals surface area contributed by atoms with Crippen LogP contribution in [-0.4, -0.2) is 15.3 Å². The van der Waals surface area contributed by atoms with Crippen LogP contribution in [0.15, 0.2) is 89.3 Å². The summed E-state index contributed by atoms with van der Waals surface area (Å²) in [6.45, 7) is 0. The quantitative estimate of drug-likeness (QED) is 0.225. The van der Waals surface area contributed by atoms with Crippen LogP contribution in [0.1, 0.15) is 0 Å². The summed E-state index contributed by atoms with van der Waals surface area (Å²) in [6.07, 6.45) is 5.11. The van der Waals surface area contributed by atoms with Crippen molar-refractivity contribution < 1.29 is 67.1 Å². The van der Waals surface area contributed by atoms with Gasteiger partial charge >= 0.3 is 67.1 Å². The van der Waals surface area contributed by atoms with Gasteiger partial charge < -0.3 is 30.6 Å². The van der Waals surface area contributed by atoms with E-state index in [1.54, 1.807) is 52.6 Å². The molecule has 6 aromatic rings. The second-order valence-electron chi connectivity index (χ2n) is 5.68. The summed E-state index contributed by atoms with van der Waals surface area (Å²) in [5, 5.41) is 29.1. The van der Waals surface area contributed by atoms with Crippen LogP contribution in [-0.2, 0) is 67.1 Å². The summed E-state index contributed by atoms with van der Waals surface area (Å²) in [4.78, 5) is 3.53. The number of aromatic nitrogens is 6. The van der Waals surface area contributed by atoms with Gasteiger partial charge in [0.05, 0.1) is 0 Å². The van der Waals surface area contributed by atoms with Gasteiger partial charge in [-0.1, -0.05) is 36.4 Å². The van der Waals surface area contributed by atoms with Crippen molar-refractivity contribution in [3.05, 3.63) is 89.3 Å². The summed E-state index contributed by atoms with van der Waals surface area (Å²) >= 11 is 5.03. The predicted molar refractivity (Wildman–Crippen MR) is 123 cm³/mol. The molecule has 0 saturated heterocycles. The smallest absolute Gasteiger partial charge is 0.574 e. The average molecular weight is 1040 g/mol. The van der Waals surface area contributed by atoms with Crippen LogP contribution in [0.4, 0.5) is 0 Å². The number of thiophene rings is 3. The molecule has 0 radical (unpaired) electrons. The van der Waals surface area contributed by atoms with E-state index in [0.717, 1.165) is 17.1 Å². The standard InChI is InChI=1S/3C7H5N2S.3Au/c3*1-2-7(10-5-1)6-3-4-8-9-6;;;/h3*1-5H;;;/q3*-1;3*+1. The van der Waals surface area contributed by atoms with Gasteiger partial charge in [0, 0.05) is 33.2 Å². The molecule has 0 aliphatic rings. The Hall–Kier alpha value is -1.05. The Morgan fingerprint density at radius 2 is 0.758 bits per heavy atom. The fourth-order valence-electron chi connectivity index (χ4n) is 2.37. The molecule has 0 aliphatic carbocycles. The molecule has 0 unspecified atom stereocenters. The van der Waals surface area contributed by atoms with E-state index in [4.69, 9.17) is 0 Å². The normalized spacial score (nSPS) is 9.09. The van der Waals surface area contributed by atoms with Crippen molar-refractivity contribution in [1.29, 1.82) is 0 Å². The van der Waals surface area contributed by atoms with E-state index in [1.807, 2.05) is 70.7 Å². The summed E-state index contributed by atoms with van der Waals surface area (Å²) in [5.74, 6) is 0. The molecule has 0 spiro atoms. The Labute approximate surface area is 250 Å². The van der Waals surface area contributed by atoms with Gasteiger partial charge in [-0.3, -0.25) is 0 Å². The number of hydrogen-bond donors (Lipinski definition) is 0. The van der Waals surface area contributed by atoms with Crippen molar-refractivity contribution in [2.75, 3.05) is 0 Å². The van der Waals surface area contributed by atoms with Crippen molar-refractivity contribution in [2.45, 2.75) is 0 Å². The molecule has 0 aromatic carbocycles. The SMILES string of the molecule is [Au+].[Au+].[Au+].c1csc(-c2ccn[n-]2)c1.c1csc(-c2ccn[n-]2)c1.c1csc(-c2ccn[n-]2)c1. The van der Waals surface area contributed by atoms with Gasteiger partial charge in [0.2, 0.25) is 0 Å². The predicted octanol–water partition coefficient (Wildman–Crippen LogP) is 5.29. The largest absolute Gasteiger partial charge is 1.00 e. The maximum atomic E-state index is 3.92. The molecule has 0 saturated carbocycles.